The summed E-state index contributed by atoms with van der Waals surface area (Å²) < 4.78 is 0. The van der Waals surface area contributed by atoms with Crippen LogP contribution in [0.3, 0.4) is 0 Å². The number of hydrogen-bond donors (Lipinski definition) is 1. The van der Waals surface area contributed by atoms with Crippen LogP contribution in [-0.2, 0) is 4.79 Å². The van der Waals surface area contributed by atoms with E-state index in [4.69, 9.17) is 0 Å². The monoisotopic (exact) mass is 359 g/mol. The van der Waals surface area contributed by atoms with E-state index < -0.39 is 5.97 Å². The van der Waals surface area contributed by atoms with Gasteiger partial charge in [-0.15, -0.1) is 0 Å². The molecule has 1 atom stereocenters. The lowest BCUT2D eigenvalue weighted by molar-refractivity contribution is -0.133. The minimum absolute atomic E-state index is 0.202. The van der Waals surface area contributed by atoms with Gasteiger partial charge in [-0.2, -0.15) is 0 Å². The first-order valence-corrected chi connectivity index (χ1v) is 9.55. The van der Waals surface area contributed by atoms with Crippen LogP contribution in [0.1, 0.15) is 41.1 Å². The van der Waals surface area contributed by atoms with Crippen molar-refractivity contribution in [2.75, 3.05) is 52.9 Å². The van der Waals surface area contributed by atoms with Gasteiger partial charge in [-0.25, -0.2) is 4.79 Å². The maximum atomic E-state index is 12.8. The molecular formula is C20H29N3O3. The molecule has 1 amide bonds. The predicted octanol–water partition coefficient (Wildman–Crippen LogP) is 1.73. The van der Waals surface area contributed by atoms with Crippen molar-refractivity contribution in [2.45, 2.75) is 25.2 Å². The lowest BCUT2D eigenvalue weighted by atomic mass is 9.89. The lowest BCUT2D eigenvalue weighted by Gasteiger charge is -2.34. The third-order valence-corrected chi connectivity index (χ3v) is 5.55. The Labute approximate surface area is 155 Å². The largest absolute Gasteiger partial charge is 0.478 e. The summed E-state index contributed by atoms with van der Waals surface area (Å²) in [4.78, 5) is 30.5. The normalized spacial score (nSPS) is 22.8. The number of carbonyl (C=O) groups excluding carboxylic acids is 1. The van der Waals surface area contributed by atoms with Crippen molar-refractivity contribution in [3.8, 4) is 0 Å². The highest BCUT2D eigenvalue weighted by atomic mass is 16.4. The molecule has 1 N–H and O–H groups in total. The van der Waals surface area contributed by atoms with Crippen molar-refractivity contribution in [1.82, 2.24) is 14.7 Å². The van der Waals surface area contributed by atoms with Crippen LogP contribution in [-0.4, -0.2) is 84.5 Å². The standard InChI is InChI=1S/C20H29N3O3/c1-21-8-4-9-22(12-11-21)15-19(24)23-10-3-7-18(14-23)16-5-2-6-17(13-16)20(25)26/h2,5-6,13,18H,3-4,7-12,14-15H2,1H3,(H,25,26). The second-order valence-electron chi connectivity index (χ2n) is 7.54. The summed E-state index contributed by atoms with van der Waals surface area (Å²) in [5, 5.41) is 9.20. The predicted molar refractivity (Wildman–Crippen MR) is 101 cm³/mol. The maximum absolute atomic E-state index is 12.8. The number of amides is 1. The average molecular weight is 359 g/mol. The number of carboxylic acids is 1. The van der Waals surface area contributed by atoms with Crippen LogP contribution in [0.4, 0.5) is 0 Å². The van der Waals surface area contributed by atoms with Gasteiger partial charge in [0.2, 0.25) is 5.91 Å². The Morgan fingerprint density at radius 2 is 1.96 bits per heavy atom. The Morgan fingerprint density at radius 3 is 2.77 bits per heavy atom. The fourth-order valence-corrected chi connectivity index (χ4v) is 3.95. The molecule has 2 fully saturated rings. The number of likely N-dealkylation sites (tertiary alicyclic amines) is 1. The first-order chi connectivity index (χ1) is 12.5. The molecule has 2 saturated heterocycles. The second kappa shape index (κ2) is 8.64. The number of likely N-dealkylation sites (N-methyl/N-ethyl adjacent to an activating group) is 1. The fourth-order valence-electron chi connectivity index (χ4n) is 3.95. The highest BCUT2D eigenvalue weighted by molar-refractivity contribution is 5.87. The highest BCUT2D eigenvalue weighted by Gasteiger charge is 2.26. The summed E-state index contributed by atoms with van der Waals surface area (Å²) in [5.74, 6) is -0.474. The summed E-state index contributed by atoms with van der Waals surface area (Å²) in [7, 11) is 2.13. The van der Waals surface area contributed by atoms with Gasteiger partial charge in [0.1, 0.15) is 0 Å². The van der Waals surface area contributed by atoms with E-state index in [1.807, 2.05) is 11.0 Å². The summed E-state index contributed by atoms with van der Waals surface area (Å²) in [6.07, 6.45) is 3.08. The summed E-state index contributed by atoms with van der Waals surface area (Å²) in [6, 6.07) is 7.16. The van der Waals surface area contributed by atoms with E-state index >= 15 is 0 Å². The smallest absolute Gasteiger partial charge is 0.335 e. The van der Waals surface area contributed by atoms with E-state index in [1.165, 1.54) is 0 Å². The summed E-state index contributed by atoms with van der Waals surface area (Å²) >= 11 is 0. The zero-order valence-electron chi connectivity index (χ0n) is 15.6. The summed E-state index contributed by atoms with van der Waals surface area (Å²) in [5.41, 5.74) is 1.35. The molecular weight excluding hydrogens is 330 g/mol. The molecule has 3 rings (SSSR count). The molecule has 1 aromatic carbocycles. The van der Waals surface area contributed by atoms with Crippen molar-refractivity contribution >= 4 is 11.9 Å². The van der Waals surface area contributed by atoms with E-state index in [0.717, 1.165) is 57.5 Å². The first kappa shape index (κ1) is 18.9. The molecule has 0 saturated carbocycles. The maximum Gasteiger partial charge on any atom is 0.335 e. The van der Waals surface area contributed by atoms with E-state index in [-0.39, 0.29) is 11.8 Å². The number of piperidine rings is 1. The molecule has 0 spiro atoms. The molecule has 6 nitrogen and oxygen atoms in total. The molecule has 6 heteroatoms. The van der Waals surface area contributed by atoms with Gasteiger partial charge in [0.15, 0.2) is 0 Å². The number of carboxylic acid groups (broad SMARTS) is 1. The van der Waals surface area contributed by atoms with Gasteiger partial charge in [-0.1, -0.05) is 12.1 Å². The van der Waals surface area contributed by atoms with Gasteiger partial charge in [-0.05, 0) is 57.1 Å². The molecule has 0 aromatic heterocycles. The highest BCUT2D eigenvalue weighted by Crippen LogP contribution is 2.27. The van der Waals surface area contributed by atoms with E-state index in [2.05, 4.69) is 16.8 Å². The summed E-state index contributed by atoms with van der Waals surface area (Å²) in [6.45, 7) is 6.02. The quantitative estimate of drug-likeness (QED) is 0.887. The van der Waals surface area contributed by atoms with Gasteiger partial charge in [-0.3, -0.25) is 9.69 Å². The number of carbonyl (C=O) groups is 2. The van der Waals surface area contributed by atoms with Crippen LogP contribution in [0.25, 0.3) is 0 Å². The zero-order valence-corrected chi connectivity index (χ0v) is 15.6. The first-order valence-electron chi connectivity index (χ1n) is 9.55. The van der Waals surface area contributed by atoms with E-state index in [0.29, 0.717) is 18.7 Å². The molecule has 1 unspecified atom stereocenters. The van der Waals surface area contributed by atoms with Gasteiger partial charge >= 0.3 is 5.97 Å². The number of aromatic carboxylic acids is 1. The van der Waals surface area contributed by atoms with Crippen LogP contribution < -0.4 is 0 Å². The van der Waals surface area contributed by atoms with Gasteiger partial charge < -0.3 is 14.9 Å². The van der Waals surface area contributed by atoms with Crippen LogP contribution in [0.2, 0.25) is 0 Å². The third-order valence-electron chi connectivity index (χ3n) is 5.55. The van der Waals surface area contributed by atoms with Crippen LogP contribution in [0, 0.1) is 0 Å². The Morgan fingerprint density at radius 1 is 1.12 bits per heavy atom. The molecule has 1 aromatic rings. The van der Waals surface area contributed by atoms with Crippen molar-refractivity contribution in [1.29, 1.82) is 0 Å². The van der Waals surface area contributed by atoms with Crippen LogP contribution in [0.15, 0.2) is 24.3 Å². The third kappa shape index (κ3) is 4.83. The number of nitrogens with zero attached hydrogens (tertiary/aromatic N) is 3. The topological polar surface area (TPSA) is 64.1 Å². The number of hydrogen-bond acceptors (Lipinski definition) is 4. The molecule has 142 valence electrons. The van der Waals surface area contributed by atoms with Crippen molar-refractivity contribution in [3.63, 3.8) is 0 Å². The Kier molecular flexibility index (Phi) is 6.27. The Balaban J connectivity index is 1.60. The fraction of sp³-hybridized carbons (Fsp3) is 0.600. The molecule has 2 heterocycles. The number of benzene rings is 1. The van der Waals surface area contributed by atoms with Crippen LogP contribution in [0.5, 0.6) is 0 Å². The molecule has 0 aliphatic carbocycles. The zero-order chi connectivity index (χ0) is 18.5. The van der Waals surface area contributed by atoms with Gasteiger partial charge in [0.05, 0.1) is 12.1 Å². The SMILES string of the molecule is CN1CCCN(CC(=O)N2CCCC(c3cccc(C(=O)O)c3)C2)CC1. The van der Waals surface area contributed by atoms with E-state index in [1.54, 1.807) is 18.2 Å². The van der Waals surface area contributed by atoms with Crippen LogP contribution >= 0.6 is 0 Å². The molecule has 0 bridgehead atoms. The molecule has 2 aliphatic rings. The minimum Gasteiger partial charge on any atom is -0.478 e. The van der Waals surface area contributed by atoms with Gasteiger partial charge in [0, 0.05) is 32.1 Å². The average Bonchev–Trinajstić information content (AvgIpc) is 2.86. The van der Waals surface area contributed by atoms with Crippen molar-refractivity contribution in [2.24, 2.45) is 0 Å². The van der Waals surface area contributed by atoms with E-state index in [9.17, 15) is 14.7 Å². The molecule has 0 radical (unpaired) electrons. The minimum atomic E-state index is -0.901. The van der Waals surface area contributed by atoms with Crippen molar-refractivity contribution < 1.29 is 14.7 Å². The number of rotatable bonds is 4. The second-order valence-corrected chi connectivity index (χ2v) is 7.54. The Bertz CT molecular complexity index is 649. The van der Waals surface area contributed by atoms with Crippen molar-refractivity contribution in [3.05, 3.63) is 35.4 Å². The Hall–Kier alpha value is -1.92. The lowest BCUT2D eigenvalue weighted by Crippen LogP contribution is -2.45. The van der Waals surface area contributed by atoms with Gasteiger partial charge in [0.25, 0.3) is 0 Å². The molecule has 2 aliphatic heterocycles. The molecule has 26 heavy (non-hydrogen) atoms.